The number of nitrogens with zero attached hydrogens (tertiary/aromatic N) is 2. The summed E-state index contributed by atoms with van der Waals surface area (Å²) >= 11 is 0. The first-order chi connectivity index (χ1) is 8.54. The first kappa shape index (κ1) is 14.8. The predicted molar refractivity (Wildman–Crippen MR) is 79.1 cm³/mol. The Labute approximate surface area is 111 Å². The lowest BCUT2D eigenvalue weighted by molar-refractivity contribution is 0.449. The van der Waals surface area contributed by atoms with E-state index in [-0.39, 0.29) is 0 Å². The minimum absolute atomic E-state index is 0.497. The number of nitrogens with one attached hydrogen (secondary N) is 1. The van der Waals surface area contributed by atoms with Crippen molar-refractivity contribution < 1.29 is 0 Å². The smallest absolute Gasteiger partial charge is 0.203 e. The zero-order chi connectivity index (χ0) is 13.5. The van der Waals surface area contributed by atoms with Crippen LogP contribution in [-0.2, 0) is 0 Å². The van der Waals surface area contributed by atoms with Gasteiger partial charge in [0.1, 0.15) is 0 Å². The van der Waals surface area contributed by atoms with E-state index in [4.69, 9.17) is 0 Å². The molecule has 0 radical (unpaired) electrons. The molecule has 1 aromatic heterocycles. The lowest BCUT2D eigenvalue weighted by atomic mass is 10.0. The lowest BCUT2D eigenvalue weighted by Crippen LogP contribution is -2.11. The van der Waals surface area contributed by atoms with Crippen LogP contribution in [0.4, 0.5) is 5.95 Å². The molecular weight excluding hydrogens is 222 g/mol. The van der Waals surface area contributed by atoms with Crippen molar-refractivity contribution in [2.75, 3.05) is 11.9 Å². The molecule has 0 aliphatic carbocycles. The van der Waals surface area contributed by atoms with E-state index in [0.29, 0.717) is 6.04 Å². The van der Waals surface area contributed by atoms with Gasteiger partial charge in [-0.3, -0.25) is 0 Å². The van der Waals surface area contributed by atoms with E-state index in [0.717, 1.165) is 24.1 Å². The van der Waals surface area contributed by atoms with Crippen LogP contribution in [0.1, 0.15) is 51.8 Å². The molecule has 1 atom stereocenters. The molecule has 3 heteroatoms. The van der Waals surface area contributed by atoms with Gasteiger partial charge in [0.2, 0.25) is 5.95 Å². The second kappa shape index (κ2) is 7.24. The van der Waals surface area contributed by atoms with Crippen molar-refractivity contribution in [1.82, 2.24) is 9.55 Å². The second-order valence-electron chi connectivity index (χ2n) is 5.46. The normalized spacial score (nSPS) is 12.7. The van der Waals surface area contributed by atoms with Crippen molar-refractivity contribution in [2.24, 2.45) is 5.92 Å². The number of rotatable bonds is 8. The Morgan fingerprint density at radius 3 is 2.72 bits per heavy atom. The number of aryl methyl sites for hydroxylation is 1. The van der Waals surface area contributed by atoms with Crippen LogP contribution in [0, 0.1) is 12.8 Å². The molecule has 1 unspecified atom stereocenters. The Kier molecular flexibility index (Phi) is 5.96. The van der Waals surface area contributed by atoms with E-state index < -0.39 is 0 Å². The van der Waals surface area contributed by atoms with Crippen molar-refractivity contribution in [3.8, 4) is 0 Å². The molecule has 1 N–H and O–H groups in total. The molecule has 0 aliphatic heterocycles. The van der Waals surface area contributed by atoms with Crippen LogP contribution in [0.15, 0.2) is 18.9 Å². The average Bonchev–Trinajstić information content (AvgIpc) is 2.67. The van der Waals surface area contributed by atoms with Gasteiger partial charge in [0.15, 0.2) is 0 Å². The van der Waals surface area contributed by atoms with Crippen molar-refractivity contribution >= 4 is 5.95 Å². The summed E-state index contributed by atoms with van der Waals surface area (Å²) < 4.78 is 2.25. The van der Waals surface area contributed by atoms with Gasteiger partial charge >= 0.3 is 0 Å². The van der Waals surface area contributed by atoms with Gasteiger partial charge in [-0.2, -0.15) is 0 Å². The highest BCUT2D eigenvalue weighted by Crippen LogP contribution is 2.21. The first-order valence-electron chi connectivity index (χ1n) is 6.94. The summed E-state index contributed by atoms with van der Waals surface area (Å²) in [5, 5.41) is 3.30. The van der Waals surface area contributed by atoms with Crippen molar-refractivity contribution in [3.05, 3.63) is 24.5 Å². The van der Waals surface area contributed by atoms with Crippen molar-refractivity contribution in [3.63, 3.8) is 0 Å². The molecule has 102 valence electrons. The molecule has 1 rings (SSSR count). The largest absolute Gasteiger partial charge is 0.352 e. The molecule has 0 bridgehead atoms. The Morgan fingerprint density at radius 2 is 2.11 bits per heavy atom. The SMILES string of the molecule is C=CCNc1nc(C)cn1C(C)CCCC(C)C. The molecule has 0 saturated heterocycles. The van der Waals surface area contributed by atoms with Gasteiger partial charge in [-0.1, -0.05) is 32.8 Å². The maximum absolute atomic E-state index is 4.52. The van der Waals surface area contributed by atoms with Gasteiger partial charge in [-0.05, 0) is 26.2 Å². The Balaban J connectivity index is 2.59. The fourth-order valence-corrected chi connectivity index (χ4v) is 2.11. The van der Waals surface area contributed by atoms with Crippen LogP contribution in [0.5, 0.6) is 0 Å². The van der Waals surface area contributed by atoms with Crippen LogP contribution in [-0.4, -0.2) is 16.1 Å². The highest BCUT2D eigenvalue weighted by atomic mass is 15.2. The standard InChI is InChI=1S/C15H27N3/c1-6-10-16-15-17-13(4)11-18(15)14(5)9-7-8-12(2)3/h6,11-12,14H,1,7-10H2,2-5H3,(H,16,17). The average molecular weight is 249 g/mol. The van der Waals surface area contributed by atoms with E-state index in [1.807, 2.05) is 13.0 Å². The zero-order valence-electron chi connectivity index (χ0n) is 12.2. The minimum Gasteiger partial charge on any atom is -0.352 e. The summed E-state index contributed by atoms with van der Waals surface area (Å²) in [6.45, 7) is 13.3. The van der Waals surface area contributed by atoms with Gasteiger partial charge in [0, 0.05) is 18.8 Å². The molecule has 18 heavy (non-hydrogen) atoms. The summed E-state index contributed by atoms with van der Waals surface area (Å²) in [5.74, 6) is 1.75. The Bertz CT molecular complexity index is 366. The van der Waals surface area contributed by atoms with Crippen LogP contribution in [0.25, 0.3) is 0 Å². The molecule has 1 aromatic rings. The van der Waals surface area contributed by atoms with E-state index in [9.17, 15) is 0 Å². The topological polar surface area (TPSA) is 29.9 Å². The van der Waals surface area contributed by atoms with Gasteiger partial charge in [-0.15, -0.1) is 6.58 Å². The zero-order valence-corrected chi connectivity index (χ0v) is 12.2. The number of imidazole rings is 1. The molecular formula is C15H27N3. The quantitative estimate of drug-likeness (QED) is 0.701. The molecule has 1 heterocycles. The van der Waals surface area contributed by atoms with Gasteiger partial charge in [-0.25, -0.2) is 4.98 Å². The fourth-order valence-electron chi connectivity index (χ4n) is 2.11. The third kappa shape index (κ3) is 4.55. The van der Waals surface area contributed by atoms with Gasteiger partial charge in [0.25, 0.3) is 0 Å². The van der Waals surface area contributed by atoms with E-state index in [2.05, 4.69) is 48.4 Å². The number of hydrogen-bond acceptors (Lipinski definition) is 2. The molecule has 3 nitrogen and oxygen atoms in total. The summed E-state index contributed by atoms with van der Waals surface area (Å²) in [4.78, 5) is 4.52. The summed E-state index contributed by atoms with van der Waals surface area (Å²) in [7, 11) is 0. The number of aromatic nitrogens is 2. The van der Waals surface area contributed by atoms with E-state index >= 15 is 0 Å². The number of anilines is 1. The van der Waals surface area contributed by atoms with Gasteiger partial charge in [0.05, 0.1) is 5.69 Å². The predicted octanol–water partition coefficient (Wildman–Crippen LogP) is 4.18. The lowest BCUT2D eigenvalue weighted by Gasteiger charge is -2.17. The third-order valence-corrected chi connectivity index (χ3v) is 3.14. The van der Waals surface area contributed by atoms with Crippen molar-refractivity contribution in [1.29, 1.82) is 0 Å². The van der Waals surface area contributed by atoms with Crippen LogP contribution in [0.2, 0.25) is 0 Å². The van der Waals surface area contributed by atoms with Crippen LogP contribution >= 0.6 is 0 Å². The highest BCUT2D eigenvalue weighted by molar-refractivity contribution is 5.30. The van der Waals surface area contributed by atoms with Crippen LogP contribution in [0.3, 0.4) is 0 Å². The summed E-state index contributed by atoms with van der Waals surface area (Å²) in [6.07, 6.45) is 7.77. The summed E-state index contributed by atoms with van der Waals surface area (Å²) in [5.41, 5.74) is 1.07. The van der Waals surface area contributed by atoms with E-state index in [1.54, 1.807) is 0 Å². The monoisotopic (exact) mass is 249 g/mol. The van der Waals surface area contributed by atoms with Crippen molar-refractivity contribution in [2.45, 2.75) is 53.0 Å². The number of hydrogen-bond donors (Lipinski definition) is 1. The fraction of sp³-hybridized carbons (Fsp3) is 0.667. The third-order valence-electron chi connectivity index (χ3n) is 3.14. The minimum atomic E-state index is 0.497. The highest BCUT2D eigenvalue weighted by Gasteiger charge is 2.11. The molecule has 0 aromatic carbocycles. The maximum Gasteiger partial charge on any atom is 0.203 e. The molecule has 0 amide bonds. The maximum atomic E-state index is 4.52. The van der Waals surface area contributed by atoms with Gasteiger partial charge < -0.3 is 9.88 Å². The molecule has 0 aliphatic rings. The second-order valence-corrected chi connectivity index (χ2v) is 5.46. The molecule has 0 fully saturated rings. The Morgan fingerprint density at radius 1 is 1.39 bits per heavy atom. The Hall–Kier alpha value is -1.25. The van der Waals surface area contributed by atoms with Crippen LogP contribution < -0.4 is 5.32 Å². The first-order valence-corrected chi connectivity index (χ1v) is 6.94. The van der Waals surface area contributed by atoms with E-state index in [1.165, 1.54) is 19.3 Å². The summed E-state index contributed by atoms with van der Waals surface area (Å²) in [6, 6.07) is 0.497. The molecule has 0 saturated carbocycles. The molecule has 0 spiro atoms.